The molecular formula is C15H22N4O. The van der Waals surface area contributed by atoms with E-state index in [9.17, 15) is 0 Å². The lowest BCUT2D eigenvalue weighted by atomic mass is 10.1. The Hall–Kier alpha value is -1.75. The first-order chi connectivity index (χ1) is 9.81. The first kappa shape index (κ1) is 14.7. The average molecular weight is 274 g/mol. The first-order valence-corrected chi connectivity index (χ1v) is 7.25. The normalized spacial score (nSPS) is 12.5. The quantitative estimate of drug-likeness (QED) is 0.800. The Morgan fingerprint density at radius 2 is 2.05 bits per heavy atom. The molecule has 5 heteroatoms. The molecule has 0 fully saturated rings. The topological polar surface area (TPSA) is 63.8 Å². The summed E-state index contributed by atoms with van der Waals surface area (Å²) in [5.41, 5.74) is 1.14. The molecule has 0 aliphatic heterocycles. The Morgan fingerprint density at radius 3 is 2.75 bits per heavy atom. The summed E-state index contributed by atoms with van der Waals surface area (Å²) in [6.07, 6.45) is 7.22. The Kier molecular flexibility index (Phi) is 5.68. The zero-order chi connectivity index (χ0) is 14.2. The van der Waals surface area contributed by atoms with E-state index in [0.717, 1.165) is 37.2 Å². The molecule has 2 rings (SSSR count). The molecule has 0 bridgehead atoms. The van der Waals surface area contributed by atoms with Crippen LogP contribution in [-0.4, -0.2) is 27.7 Å². The minimum atomic E-state index is 0.407. The molecule has 2 aromatic rings. The molecule has 20 heavy (non-hydrogen) atoms. The van der Waals surface area contributed by atoms with Gasteiger partial charge >= 0.3 is 0 Å². The van der Waals surface area contributed by atoms with Crippen LogP contribution in [0.1, 0.15) is 44.0 Å². The van der Waals surface area contributed by atoms with E-state index >= 15 is 0 Å². The van der Waals surface area contributed by atoms with Gasteiger partial charge in [0.15, 0.2) is 5.82 Å². The SMILES string of the molecule is CCCNC(CC)Cc1nc(Cc2ccncc2)no1. The van der Waals surface area contributed by atoms with E-state index in [1.807, 2.05) is 12.1 Å². The highest BCUT2D eigenvalue weighted by molar-refractivity contribution is 5.14. The number of aromatic nitrogens is 3. The largest absolute Gasteiger partial charge is 0.339 e. The molecule has 0 saturated carbocycles. The molecule has 0 aromatic carbocycles. The smallest absolute Gasteiger partial charge is 0.228 e. The minimum absolute atomic E-state index is 0.407. The third-order valence-corrected chi connectivity index (χ3v) is 3.22. The third kappa shape index (κ3) is 4.42. The van der Waals surface area contributed by atoms with Gasteiger partial charge in [0.05, 0.1) is 0 Å². The molecule has 0 saturated heterocycles. The Morgan fingerprint density at radius 1 is 1.25 bits per heavy atom. The van der Waals surface area contributed by atoms with Crippen LogP contribution in [0.3, 0.4) is 0 Å². The zero-order valence-electron chi connectivity index (χ0n) is 12.2. The van der Waals surface area contributed by atoms with Gasteiger partial charge in [0.2, 0.25) is 5.89 Å². The van der Waals surface area contributed by atoms with Crippen molar-refractivity contribution in [2.24, 2.45) is 0 Å². The van der Waals surface area contributed by atoms with Crippen LogP contribution in [0.15, 0.2) is 29.0 Å². The standard InChI is InChI=1S/C15H22N4O/c1-3-7-17-13(4-2)11-15-18-14(19-20-15)10-12-5-8-16-9-6-12/h5-6,8-9,13,17H,3-4,7,10-11H2,1-2H3. The summed E-state index contributed by atoms with van der Waals surface area (Å²) in [5, 5.41) is 7.54. The molecule has 0 radical (unpaired) electrons. The van der Waals surface area contributed by atoms with Crippen molar-refractivity contribution >= 4 is 0 Å². The van der Waals surface area contributed by atoms with Gasteiger partial charge < -0.3 is 9.84 Å². The van der Waals surface area contributed by atoms with Gasteiger partial charge in [-0.15, -0.1) is 0 Å². The molecule has 0 aliphatic rings. The van der Waals surface area contributed by atoms with E-state index in [1.54, 1.807) is 12.4 Å². The number of rotatable bonds is 8. The Labute approximate surface area is 119 Å². The molecule has 1 unspecified atom stereocenters. The molecule has 1 atom stereocenters. The Bertz CT molecular complexity index is 498. The predicted octanol–water partition coefficient (Wildman–Crippen LogP) is 2.38. The highest BCUT2D eigenvalue weighted by atomic mass is 16.5. The van der Waals surface area contributed by atoms with Gasteiger partial charge in [0.1, 0.15) is 0 Å². The Balaban J connectivity index is 1.91. The monoisotopic (exact) mass is 274 g/mol. The molecule has 1 N–H and O–H groups in total. The summed E-state index contributed by atoms with van der Waals surface area (Å²) in [5.74, 6) is 1.45. The van der Waals surface area contributed by atoms with E-state index < -0.39 is 0 Å². The molecule has 5 nitrogen and oxygen atoms in total. The number of pyridine rings is 1. The van der Waals surface area contributed by atoms with Crippen LogP contribution in [0.5, 0.6) is 0 Å². The number of hydrogen-bond acceptors (Lipinski definition) is 5. The van der Waals surface area contributed by atoms with Crippen LogP contribution >= 0.6 is 0 Å². The summed E-state index contributed by atoms with van der Waals surface area (Å²) in [4.78, 5) is 8.46. The average Bonchev–Trinajstić information content (AvgIpc) is 2.91. The second-order valence-corrected chi connectivity index (χ2v) is 4.90. The summed E-state index contributed by atoms with van der Waals surface area (Å²) in [6.45, 7) is 5.36. The van der Waals surface area contributed by atoms with Crippen LogP contribution < -0.4 is 5.32 Å². The van der Waals surface area contributed by atoms with Gasteiger partial charge in [-0.1, -0.05) is 19.0 Å². The van der Waals surface area contributed by atoms with E-state index in [0.29, 0.717) is 18.4 Å². The minimum Gasteiger partial charge on any atom is -0.339 e. The van der Waals surface area contributed by atoms with E-state index in [2.05, 4.69) is 34.3 Å². The fourth-order valence-electron chi connectivity index (χ4n) is 2.05. The summed E-state index contributed by atoms with van der Waals surface area (Å²) < 4.78 is 5.33. The van der Waals surface area contributed by atoms with Crippen molar-refractivity contribution in [2.75, 3.05) is 6.54 Å². The first-order valence-electron chi connectivity index (χ1n) is 7.25. The highest BCUT2D eigenvalue weighted by Gasteiger charge is 2.12. The van der Waals surface area contributed by atoms with Gasteiger partial charge in [-0.3, -0.25) is 4.98 Å². The number of nitrogens with zero attached hydrogens (tertiary/aromatic N) is 3. The fourth-order valence-corrected chi connectivity index (χ4v) is 2.05. The van der Waals surface area contributed by atoms with Gasteiger partial charge in [-0.05, 0) is 37.1 Å². The maximum atomic E-state index is 5.33. The fraction of sp³-hybridized carbons (Fsp3) is 0.533. The van der Waals surface area contributed by atoms with Crippen molar-refractivity contribution in [3.63, 3.8) is 0 Å². The van der Waals surface area contributed by atoms with Crippen LogP contribution in [0.25, 0.3) is 0 Å². The summed E-state index contributed by atoms with van der Waals surface area (Å²) in [7, 11) is 0. The highest BCUT2D eigenvalue weighted by Crippen LogP contribution is 2.08. The van der Waals surface area contributed by atoms with E-state index in [4.69, 9.17) is 4.52 Å². The lowest BCUT2D eigenvalue weighted by molar-refractivity contribution is 0.350. The third-order valence-electron chi connectivity index (χ3n) is 3.22. The van der Waals surface area contributed by atoms with Gasteiger partial charge in [-0.2, -0.15) is 4.98 Å². The van der Waals surface area contributed by atoms with Crippen LogP contribution in [0.2, 0.25) is 0 Å². The maximum absolute atomic E-state index is 5.33. The predicted molar refractivity (Wildman–Crippen MR) is 77.4 cm³/mol. The lowest BCUT2D eigenvalue weighted by Crippen LogP contribution is -2.31. The number of nitrogens with one attached hydrogen (secondary N) is 1. The van der Waals surface area contributed by atoms with Crippen molar-refractivity contribution in [1.82, 2.24) is 20.4 Å². The second-order valence-electron chi connectivity index (χ2n) is 4.90. The van der Waals surface area contributed by atoms with Crippen molar-refractivity contribution in [3.05, 3.63) is 41.8 Å². The van der Waals surface area contributed by atoms with Gasteiger partial charge in [0, 0.05) is 31.3 Å². The van der Waals surface area contributed by atoms with Crippen LogP contribution in [-0.2, 0) is 12.8 Å². The van der Waals surface area contributed by atoms with Crippen molar-refractivity contribution in [2.45, 2.75) is 45.6 Å². The van der Waals surface area contributed by atoms with Crippen molar-refractivity contribution in [1.29, 1.82) is 0 Å². The molecule has 0 spiro atoms. The second kappa shape index (κ2) is 7.75. The van der Waals surface area contributed by atoms with Gasteiger partial charge in [-0.25, -0.2) is 0 Å². The van der Waals surface area contributed by atoms with E-state index in [-0.39, 0.29) is 0 Å². The van der Waals surface area contributed by atoms with Crippen LogP contribution in [0.4, 0.5) is 0 Å². The van der Waals surface area contributed by atoms with Crippen LogP contribution in [0, 0.1) is 0 Å². The molecule has 108 valence electrons. The molecule has 0 amide bonds. The van der Waals surface area contributed by atoms with Crippen molar-refractivity contribution < 1.29 is 4.52 Å². The molecule has 2 aromatic heterocycles. The summed E-state index contributed by atoms with van der Waals surface area (Å²) in [6, 6.07) is 4.34. The molecule has 0 aliphatic carbocycles. The van der Waals surface area contributed by atoms with E-state index in [1.165, 1.54) is 0 Å². The summed E-state index contributed by atoms with van der Waals surface area (Å²) >= 11 is 0. The number of hydrogen-bond donors (Lipinski definition) is 1. The van der Waals surface area contributed by atoms with Gasteiger partial charge in [0.25, 0.3) is 0 Å². The lowest BCUT2D eigenvalue weighted by Gasteiger charge is -2.13. The molecular weight excluding hydrogens is 252 g/mol. The zero-order valence-corrected chi connectivity index (χ0v) is 12.2. The molecule has 2 heterocycles. The van der Waals surface area contributed by atoms with Crippen molar-refractivity contribution in [3.8, 4) is 0 Å². The maximum Gasteiger partial charge on any atom is 0.228 e.